The third-order valence-electron chi connectivity index (χ3n) is 11.8. The van der Waals surface area contributed by atoms with Gasteiger partial charge in [0.05, 0.1) is 0 Å². The Morgan fingerprint density at radius 1 is 0.500 bits per heavy atom. The van der Waals surface area contributed by atoms with Crippen LogP contribution in [0.15, 0.2) is 152 Å². The van der Waals surface area contributed by atoms with E-state index in [2.05, 4.69) is 124 Å². The molecule has 0 saturated carbocycles. The Balaban J connectivity index is 0.00000450. The molecule has 54 heavy (non-hydrogen) atoms. The Hall–Kier alpha value is -5.49. The molecule has 5 aromatic carbocycles. The topological polar surface area (TPSA) is 58.0 Å². The van der Waals surface area contributed by atoms with Crippen molar-refractivity contribution in [1.82, 2.24) is 19.9 Å². The zero-order valence-electron chi connectivity index (χ0n) is 31.5. The number of pyridine rings is 1. The van der Waals surface area contributed by atoms with Crippen molar-refractivity contribution in [2.24, 2.45) is 5.41 Å². The molecule has 1 aliphatic rings. The van der Waals surface area contributed by atoms with E-state index in [1.165, 1.54) is 11.1 Å². The number of fused-ring (bicyclic) bond motifs is 1. The summed E-state index contributed by atoms with van der Waals surface area (Å²) < 4.78 is 0. The van der Waals surface area contributed by atoms with E-state index < -0.39 is 0 Å². The van der Waals surface area contributed by atoms with E-state index in [-0.39, 0.29) is 36.4 Å². The van der Waals surface area contributed by atoms with Crippen LogP contribution in [0, 0.1) is 11.5 Å². The molecular weight excluding hydrogens is 841 g/mol. The molecule has 7 heteroatoms. The molecule has 2 aromatic heterocycles. The van der Waals surface area contributed by atoms with Crippen molar-refractivity contribution in [1.29, 1.82) is 0 Å². The van der Waals surface area contributed by atoms with Gasteiger partial charge >= 0.3 is 0 Å². The molecule has 0 spiro atoms. The number of hydrogen-bond acceptors (Lipinski definition) is 6. The van der Waals surface area contributed by atoms with Gasteiger partial charge in [-0.05, 0) is 70.5 Å². The van der Waals surface area contributed by atoms with Gasteiger partial charge in [0.2, 0.25) is 11.9 Å². The number of hydrogen-bond donors (Lipinski definition) is 0. The van der Waals surface area contributed by atoms with Gasteiger partial charge in [-0.2, -0.15) is 15.0 Å². The first-order valence-corrected chi connectivity index (χ1v) is 18.2. The molecule has 0 atom stereocenters. The van der Waals surface area contributed by atoms with Crippen molar-refractivity contribution in [3.05, 3.63) is 169 Å². The second-order valence-electron chi connectivity index (χ2n) is 15.3. The van der Waals surface area contributed by atoms with Crippen LogP contribution >= 0.6 is 0 Å². The number of aromatic nitrogens is 4. The second kappa shape index (κ2) is 14.4. The van der Waals surface area contributed by atoms with Gasteiger partial charge in [-0.3, -0.25) is 9.80 Å². The largest absolute Gasteiger partial charge is 0.304 e. The van der Waals surface area contributed by atoms with E-state index >= 15 is 0 Å². The summed E-state index contributed by atoms with van der Waals surface area (Å²) >= 11 is 0. The fourth-order valence-corrected chi connectivity index (χ4v) is 7.56. The van der Waals surface area contributed by atoms with E-state index in [1.807, 2.05) is 85.1 Å². The normalized spacial score (nSPS) is 14.8. The second-order valence-corrected chi connectivity index (χ2v) is 15.3. The molecular formula is C47H43IrN6-. The fourth-order valence-electron chi connectivity index (χ4n) is 7.56. The number of rotatable bonds is 8. The third kappa shape index (κ3) is 6.31. The zero-order chi connectivity index (χ0) is 36.8. The van der Waals surface area contributed by atoms with Crippen molar-refractivity contribution in [2.45, 2.75) is 52.4 Å². The van der Waals surface area contributed by atoms with Crippen LogP contribution in [0.4, 0.5) is 34.6 Å². The smallest absolute Gasteiger partial charge is 0.240 e. The Labute approximate surface area is 332 Å². The average molecular weight is 884 g/mol. The summed E-state index contributed by atoms with van der Waals surface area (Å²) in [6.07, 6.45) is 1.86. The van der Waals surface area contributed by atoms with Gasteiger partial charge < -0.3 is 4.98 Å². The molecule has 0 saturated heterocycles. The molecule has 0 N–H and O–H groups in total. The van der Waals surface area contributed by atoms with Gasteiger partial charge in [0, 0.05) is 54.6 Å². The Morgan fingerprint density at radius 2 is 0.926 bits per heavy atom. The van der Waals surface area contributed by atoms with E-state index in [0.717, 1.165) is 39.6 Å². The predicted molar refractivity (Wildman–Crippen MR) is 217 cm³/mol. The zero-order valence-corrected chi connectivity index (χ0v) is 33.8. The summed E-state index contributed by atoms with van der Waals surface area (Å²) in [5.41, 5.74) is 9.15. The molecule has 0 amide bonds. The summed E-state index contributed by atoms with van der Waals surface area (Å²) in [5, 5.41) is 0. The van der Waals surface area contributed by atoms with Gasteiger partial charge in [-0.15, -0.1) is 34.9 Å². The monoisotopic (exact) mass is 884 g/mol. The summed E-state index contributed by atoms with van der Waals surface area (Å²) in [6.45, 7) is 14.2. The number of anilines is 6. The van der Waals surface area contributed by atoms with E-state index in [9.17, 15) is 0 Å². The quantitative estimate of drug-likeness (QED) is 0.142. The maximum atomic E-state index is 5.20. The average Bonchev–Trinajstić information content (AvgIpc) is 3.29. The summed E-state index contributed by atoms with van der Waals surface area (Å²) in [6, 6.07) is 52.9. The van der Waals surface area contributed by atoms with Crippen LogP contribution in [0.3, 0.4) is 0 Å². The third-order valence-corrected chi connectivity index (χ3v) is 11.8. The van der Waals surface area contributed by atoms with Crippen molar-refractivity contribution < 1.29 is 20.1 Å². The first-order chi connectivity index (χ1) is 25.6. The van der Waals surface area contributed by atoms with Crippen LogP contribution in [-0.4, -0.2) is 19.9 Å². The minimum Gasteiger partial charge on any atom is -0.304 e. The van der Waals surface area contributed by atoms with Crippen molar-refractivity contribution in [2.75, 3.05) is 9.80 Å². The molecule has 0 aliphatic heterocycles. The minimum atomic E-state index is -0.0138. The SMILES string of the molecule is CC1(C)c2c[c-]c(-c3ccc(-c4nc(N(c5ccccc5)c5ccccc5)nc(N(c5ccccc5)c5ccccc5)n4)cn3)cc2C(C)(C)C1(C)C.[Ir]. The molecule has 0 fully saturated rings. The fraction of sp³-hybridized carbons (Fsp3) is 0.191. The molecule has 7 aromatic rings. The molecule has 6 nitrogen and oxygen atoms in total. The van der Waals surface area contributed by atoms with Gasteiger partial charge in [0.1, 0.15) is 0 Å². The van der Waals surface area contributed by atoms with Gasteiger partial charge in [0.25, 0.3) is 0 Å². The van der Waals surface area contributed by atoms with Gasteiger partial charge in [0.15, 0.2) is 5.82 Å². The van der Waals surface area contributed by atoms with Crippen molar-refractivity contribution in [3.8, 4) is 22.6 Å². The molecule has 1 aliphatic carbocycles. The van der Waals surface area contributed by atoms with Crippen LogP contribution in [0.25, 0.3) is 22.6 Å². The summed E-state index contributed by atoms with van der Waals surface area (Å²) in [4.78, 5) is 24.6. The number of benzene rings is 5. The molecule has 1 radical (unpaired) electrons. The Kier molecular flexibility index (Phi) is 9.82. The maximum Gasteiger partial charge on any atom is 0.240 e. The van der Waals surface area contributed by atoms with Crippen LogP contribution in [0.2, 0.25) is 0 Å². The standard InChI is InChI=1S/C47H43N6.Ir/c1-45(2)39-29-27-33(31-40(39)46(3,4)47(45,5)6)41-30-28-34(32-48-41)42-49-43(52(35-19-11-7-12-20-35)36-21-13-8-14-22-36)51-44(50-42)53(37-23-15-9-16-24-37)38-25-17-10-18-26-38;/h7-26,28-32H,1-6H3;/q-1;. The van der Waals surface area contributed by atoms with Crippen LogP contribution in [0.5, 0.6) is 0 Å². The van der Waals surface area contributed by atoms with E-state index in [0.29, 0.717) is 17.7 Å². The van der Waals surface area contributed by atoms with Crippen LogP contribution in [-0.2, 0) is 30.9 Å². The molecule has 0 bridgehead atoms. The summed E-state index contributed by atoms with van der Waals surface area (Å²) in [5.74, 6) is 1.49. The van der Waals surface area contributed by atoms with Gasteiger partial charge in [-0.25, -0.2) is 0 Å². The van der Waals surface area contributed by atoms with E-state index in [4.69, 9.17) is 19.9 Å². The predicted octanol–water partition coefficient (Wildman–Crippen LogP) is 11.9. The van der Waals surface area contributed by atoms with Crippen molar-refractivity contribution in [3.63, 3.8) is 0 Å². The summed E-state index contributed by atoms with van der Waals surface area (Å²) in [7, 11) is 0. The Morgan fingerprint density at radius 3 is 1.33 bits per heavy atom. The van der Waals surface area contributed by atoms with Crippen molar-refractivity contribution >= 4 is 34.6 Å². The van der Waals surface area contributed by atoms with Crippen LogP contribution < -0.4 is 9.80 Å². The van der Waals surface area contributed by atoms with Crippen LogP contribution in [0.1, 0.15) is 52.7 Å². The molecule has 8 rings (SSSR count). The first-order valence-electron chi connectivity index (χ1n) is 18.2. The van der Waals surface area contributed by atoms with Gasteiger partial charge in [-0.1, -0.05) is 126 Å². The van der Waals surface area contributed by atoms with E-state index in [1.54, 1.807) is 0 Å². The minimum absolute atomic E-state index is 0. The first kappa shape index (κ1) is 36.9. The number of nitrogens with zero attached hydrogens (tertiary/aromatic N) is 6. The Bertz CT molecular complexity index is 2180. The maximum absolute atomic E-state index is 5.20. The molecule has 0 unspecified atom stereocenters. The number of para-hydroxylation sites is 4. The molecule has 2 heterocycles. The molecule has 271 valence electrons.